The van der Waals surface area contributed by atoms with Crippen molar-refractivity contribution in [1.29, 1.82) is 0 Å². The second-order valence-electron chi connectivity index (χ2n) is 6.63. The number of ether oxygens (including phenoxy) is 1. The Bertz CT molecular complexity index is 704. The van der Waals surface area contributed by atoms with Crippen molar-refractivity contribution < 1.29 is 13.9 Å². The minimum Gasteiger partial charge on any atom is -0.494 e. The van der Waals surface area contributed by atoms with Crippen LogP contribution in [0.25, 0.3) is 0 Å². The smallest absolute Gasteiger partial charge is 0.223 e. The van der Waals surface area contributed by atoms with Crippen LogP contribution in [-0.2, 0) is 4.79 Å². The Hall–Kier alpha value is -2.70. The first-order chi connectivity index (χ1) is 13.2. The highest BCUT2D eigenvalue weighted by Gasteiger charge is 2.25. The summed E-state index contributed by atoms with van der Waals surface area (Å²) in [5, 5.41) is 3.02. The Morgan fingerprint density at radius 1 is 1.19 bits per heavy atom. The Labute approximate surface area is 158 Å². The van der Waals surface area contributed by atoms with Crippen molar-refractivity contribution in [2.75, 3.05) is 31.1 Å². The third kappa shape index (κ3) is 5.91. The summed E-state index contributed by atoms with van der Waals surface area (Å²) in [6.07, 6.45) is 8.46. The summed E-state index contributed by atoms with van der Waals surface area (Å²) in [5.41, 5.74) is 0. The Morgan fingerprint density at radius 2 is 1.96 bits per heavy atom. The molecule has 0 unspecified atom stereocenters. The monoisotopic (exact) mass is 372 g/mol. The molecule has 0 spiro atoms. The number of aromatic nitrogens is 2. The molecule has 1 aliphatic rings. The van der Waals surface area contributed by atoms with E-state index >= 15 is 0 Å². The lowest BCUT2D eigenvalue weighted by Gasteiger charge is -2.31. The third-order valence-corrected chi connectivity index (χ3v) is 4.69. The predicted octanol–water partition coefficient (Wildman–Crippen LogP) is 2.81. The fraction of sp³-hybridized carbons (Fsp3) is 0.450. The molecule has 1 N–H and O–H groups in total. The van der Waals surface area contributed by atoms with Gasteiger partial charge >= 0.3 is 0 Å². The summed E-state index contributed by atoms with van der Waals surface area (Å²) < 4.78 is 18.4. The number of amides is 1. The Kier molecular flexibility index (Phi) is 6.96. The second-order valence-corrected chi connectivity index (χ2v) is 6.63. The van der Waals surface area contributed by atoms with Gasteiger partial charge in [-0.05, 0) is 49.9 Å². The van der Waals surface area contributed by atoms with Gasteiger partial charge in [0.25, 0.3) is 0 Å². The van der Waals surface area contributed by atoms with Crippen molar-refractivity contribution >= 4 is 11.7 Å². The molecule has 1 aliphatic heterocycles. The molecular weight excluding hydrogens is 347 g/mol. The number of piperidine rings is 1. The third-order valence-electron chi connectivity index (χ3n) is 4.69. The SMILES string of the molecule is O=C(NCCCCOc1ccc(F)cc1)C1CCN(c2cnccn2)CC1. The van der Waals surface area contributed by atoms with Gasteiger partial charge in [0, 0.05) is 37.9 Å². The molecule has 0 radical (unpaired) electrons. The first-order valence-electron chi connectivity index (χ1n) is 9.39. The van der Waals surface area contributed by atoms with E-state index in [4.69, 9.17) is 4.74 Å². The van der Waals surface area contributed by atoms with E-state index < -0.39 is 0 Å². The molecular formula is C20H25FN4O2. The topological polar surface area (TPSA) is 67.3 Å². The molecule has 144 valence electrons. The molecule has 1 fully saturated rings. The number of benzene rings is 1. The van der Waals surface area contributed by atoms with Gasteiger partial charge in [0.1, 0.15) is 17.4 Å². The standard InChI is InChI=1S/C20H25FN4O2/c21-17-3-5-18(6-4-17)27-14-2-1-9-24-20(26)16-7-12-25(13-8-16)19-15-22-10-11-23-19/h3-6,10-11,15-16H,1-2,7-9,12-14H2,(H,24,26). The maximum absolute atomic E-state index is 12.8. The predicted molar refractivity (Wildman–Crippen MR) is 101 cm³/mol. The fourth-order valence-corrected chi connectivity index (χ4v) is 3.13. The summed E-state index contributed by atoms with van der Waals surface area (Å²) in [7, 11) is 0. The minimum atomic E-state index is -0.271. The summed E-state index contributed by atoms with van der Waals surface area (Å²) in [6.45, 7) is 2.85. The zero-order valence-electron chi connectivity index (χ0n) is 15.3. The van der Waals surface area contributed by atoms with E-state index in [1.165, 1.54) is 12.1 Å². The molecule has 1 aromatic heterocycles. The van der Waals surface area contributed by atoms with E-state index in [9.17, 15) is 9.18 Å². The normalized spacial score (nSPS) is 14.8. The Balaban J connectivity index is 1.27. The highest BCUT2D eigenvalue weighted by Crippen LogP contribution is 2.21. The van der Waals surface area contributed by atoms with Gasteiger partial charge in [0.15, 0.2) is 0 Å². The average Bonchev–Trinajstić information content (AvgIpc) is 2.72. The summed E-state index contributed by atoms with van der Waals surface area (Å²) in [4.78, 5) is 22.9. The van der Waals surface area contributed by atoms with Crippen molar-refractivity contribution in [3.05, 3.63) is 48.7 Å². The maximum atomic E-state index is 12.8. The van der Waals surface area contributed by atoms with Gasteiger partial charge < -0.3 is 15.0 Å². The van der Waals surface area contributed by atoms with Crippen LogP contribution in [0.3, 0.4) is 0 Å². The molecule has 27 heavy (non-hydrogen) atoms. The first-order valence-corrected chi connectivity index (χ1v) is 9.39. The van der Waals surface area contributed by atoms with Crippen LogP contribution in [0.2, 0.25) is 0 Å². The van der Waals surface area contributed by atoms with E-state index in [1.807, 2.05) is 0 Å². The number of hydrogen-bond acceptors (Lipinski definition) is 5. The van der Waals surface area contributed by atoms with Gasteiger partial charge in [-0.3, -0.25) is 9.78 Å². The number of nitrogens with one attached hydrogen (secondary N) is 1. The van der Waals surface area contributed by atoms with Crippen molar-refractivity contribution in [2.45, 2.75) is 25.7 Å². The van der Waals surface area contributed by atoms with Crippen LogP contribution in [0.15, 0.2) is 42.9 Å². The fourth-order valence-electron chi connectivity index (χ4n) is 3.13. The molecule has 0 aliphatic carbocycles. The van der Waals surface area contributed by atoms with Gasteiger partial charge in [-0.15, -0.1) is 0 Å². The van der Waals surface area contributed by atoms with Crippen molar-refractivity contribution in [2.24, 2.45) is 5.92 Å². The number of carbonyl (C=O) groups is 1. The molecule has 7 heteroatoms. The van der Waals surface area contributed by atoms with Crippen LogP contribution in [0.4, 0.5) is 10.2 Å². The lowest BCUT2D eigenvalue weighted by molar-refractivity contribution is -0.125. The van der Waals surface area contributed by atoms with Gasteiger partial charge in [-0.25, -0.2) is 9.37 Å². The van der Waals surface area contributed by atoms with Crippen LogP contribution in [0.5, 0.6) is 5.75 Å². The molecule has 2 aromatic rings. The van der Waals surface area contributed by atoms with Crippen LogP contribution in [-0.4, -0.2) is 42.1 Å². The van der Waals surface area contributed by atoms with Crippen molar-refractivity contribution in [3.63, 3.8) is 0 Å². The molecule has 1 amide bonds. The average molecular weight is 372 g/mol. The van der Waals surface area contributed by atoms with Crippen LogP contribution in [0, 0.1) is 11.7 Å². The number of unbranched alkanes of at least 4 members (excludes halogenated alkanes) is 1. The van der Waals surface area contributed by atoms with Gasteiger partial charge in [-0.2, -0.15) is 0 Å². The molecule has 1 saturated heterocycles. The molecule has 3 rings (SSSR count). The lowest BCUT2D eigenvalue weighted by atomic mass is 9.96. The highest BCUT2D eigenvalue weighted by atomic mass is 19.1. The Morgan fingerprint density at radius 3 is 2.67 bits per heavy atom. The summed E-state index contributed by atoms with van der Waals surface area (Å²) in [6, 6.07) is 5.99. The molecule has 2 heterocycles. The zero-order valence-corrected chi connectivity index (χ0v) is 15.3. The van der Waals surface area contributed by atoms with Gasteiger partial charge in [0.05, 0.1) is 12.8 Å². The van der Waals surface area contributed by atoms with Crippen molar-refractivity contribution in [1.82, 2.24) is 15.3 Å². The first kappa shape index (κ1) is 19.1. The summed E-state index contributed by atoms with van der Waals surface area (Å²) >= 11 is 0. The number of rotatable bonds is 8. The van der Waals surface area contributed by atoms with Gasteiger partial charge in [-0.1, -0.05) is 0 Å². The second kappa shape index (κ2) is 9.85. The number of halogens is 1. The van der Waals surface area contributed by atoms with E-state index in [1.54, 1.807) is 30.7 Å². The maximum Gasteiger partial charge on any atom is 0.223 e. The number of carbonyl (C=O) groups excluding carboxylic acids is 1. The molecule has 0 saturated carbocycles. The van der Waals surface area contributed by atoms with E-state index in [0.29, 0.717) is 18.9 Å². The number of hydrogen-bond donors (Lipinski definition) is 1. The summed E-state index contributed by atoms with van der Waals surface area (Å²) in [5.74, 6) is 1.46. The highest BCUT2D eigenvalue weighted by molar-refractivity contribution is 5.78. The largest absolute Gasteiger partial charge is 0.494 e. The van der Waals surface area contributed by atoms with Gasteiger partial charge in [0.2, 0.25) is 5.91 Å². The van der Waals surface area contributed by atoms with E-state index in [0.717, 1.165) is 44.6 Å². The lowest BCUT2D eigenvalue weighted by Crippen LogP contribution is -2.41. The molecule has 1 aromatic carbocycles. The number of anilines is 1. The molecule has 0 atom stereocenters. The molecule has 6 nitrogen and oxygen atoms in total. The van der Waals surface area contributed by atoms with Crippen molar-refractivity contribution in [3.8, 4) is 5.75 Å². The quantitative estimate of drug-likeness (QED) is 0.722. The van der Waals surface area contributed by atoms with E-state index in [2.05, 4.69) is 20.2 Å². The zero-order chi connectivity index (χ0) is 18.9. The van der Waals surface area contributed by atoms with Crippen LogP contribution >= 0.6 is 0 Å². The van der Waals surface area contributed by atoms with Crippen LogP contribution in [0.1, 0.15) is 25.7 Å². The number of nitrogens with zero attached hydrogens (tertiary/aromatic N) is 3. The van der Waals surface area contributed by atoms with E-state index in [-0.39, 0.29) is 17.6 Å². The minimum absolute atomic E-state index is 0.0633. The molecule has 0 bridgehead atoms. The van der Waals surface area contributed by atoms with Crippen LogP contribution < -0.4 is 15.0 Å².